The Kier molecular flexibility index (Phi) is 6.24. The molecule has 3 N–H and O–H groups in total. The summed E-state index contributed by atoms with van der Waals surface area (Å²) >= 11 is 0. The van der Waals surface area contributed by atoms with E-state index < -0.39 is 0 Å². The van der Waals surface area contributed by atoms with Crippen LogP contribution < -0.4 is 5.73 Å². The van der Waals surface area contributed by atoms with E-state index in [0.717, 1.165) is 44.8 Å². The van der Waals surface area contributed by atoms with Crippen LogP contribution in [0, 0.1) is 13.8 Å². The van der Waals surface area contributed by atoms with Crippen molar-refractivity contribution in [1.29, 1.82) is 0 Å². The summed E-state index contributed by atoms with van der Waals surface area (Å²) in [5, 5.41) is 11.1. The predicted octanol–water partition coefficient (Wildman–Crippen LogP) is 7.60. The van der Waals surface area contributed by atoms with E-state index in [0.29, 0.717) is 5.75 Å². The maximum Gasteiger partial charge on any atom is 0.128 e. The number of aromatic hydroxyl groups is 1. The van der Waals surface area contributed by atoms with E-state index in [4.69, 9.17) is 10.7 Å². The van der Waals surface area contributed by atoms with Crippen LogP contribution in [0.3, 0.4) is 0 Å². The number of aryl methyl sites for hydroxylation is 2. The van der Waals surface area contributed by atoms with Crippen molar-refractivity contribution in [3.8, 4) is 16.9 Å². The number of benzene rings is 3. The molecule has 3 aromatic carbocycles. The highest BCUT2D eigenvalue weighted by atomic mass is 16.3. The number of hydrogen-bond donors (Lipinski definition) is 2. The summed E-state index contributed by atoms with van der Waals surface area (Å²) in [6.07, 6.45) is 1.78. The first-order chi connectivity index (χ1) is 14.8. The number of aliphatic imine (C=N–C) groups is 1. The molecule has 0 amide bonds. The Hall–Kier alpha value is -3.07. The summed E-state index contributed by atoms with van der Waals surface area (Å²) in [6, 6.07) is 16.2. The van der Waals surface area contributed by atoms with Gasteiger partial charge in [0.05, 0.1) is 5.69 Å². The predicted molar refractivity (Wildman–Crippen MR) is 139 cm³/mol. The smallest absolute Gasteiger partial charge is 0.128 e. The van der Waals surface area contributed by atoms with Gasteiger partial charge >= 0.3 is 0 Å². The lowest BCUT2D eigenvalue weighted by Crippen LogP contribution is -2.17. The lowest BCUT2D eigenvalue weighted by Gasteiger charge is -2.27. The van der Waals surface area contributed by atoms with E-state index in [1.54, 1.807) is 6.21 Å². The second kappa shape index (κ2) is 8.46. The van der Waals surface area contributed by atoms with Crippen LogP contribution in [0.2, 0.25) is 0 Å². The largest absolute Gasteiger partial charge is 0.507 e. The summed E-state index contributed by atoms with van der Waals surface area (Å²) in [5.74, 6) is 0.291. The quantitative estimate of drug-likeness (QED) is 0.333. The molecule has 0 aliphatic rings. The van der Waals surface area contributed by atoms with Crippen molar-refractivity contribution in [2.45, 2.75) is 66.2 Å². The standard InChI is InChI=1S/C29H36N2O/c1-18-11-9-13-23(30)25(18)26-19(2)12-10-14-24(26)31-17-20-15-21(28(3,4)5)16-22(27(20)32)29(6,7)8/h9-17,32H,30H2,1-8H3. The Morgan fingerprint density at radius 2 is 1.41 bits per heavy atom. The van der Waals surface area contributed by atoms with Crippen LogP contribution in [0.25, 0.3) is 11.1 Å². The Morgan fingerprint density at radius 1 is 0.812 bits per heavy atom. The third-order valence-electron chi connectivity index (χ3n) is 5.96. The van der Waals surface area contributed by atoms with E-state index in [2.05, 4.69) is 73.6 Å². The van der Waals surface area contributed by atoms with Crippen molar-refractivity contribution in [3.05, 3.63) is 76.3 Å². The molecule has 3 heteroatoms. The Labute approximate surface area is 193 Å². The van der Waals surface area contributed by atoms with Gasteiger partial charge < -0.3 is 10.8 Å². The maximum absolute atomic E-state index is 11.1. The summed E-state index contributed by atoms with van der Waals surface area (Å²) in [5.41, 5.74) is 14.8. The van der Waals surface area contributed by atoms with E-state index in [1.165, 1.54) is 5.56 Å². The van der Waals surface area contributed by atoms with Gasteiger partial charge in [0.2, 0.25) is 0 Å². The average molecular weight is 429 g/mol. The van der Waals surface area contributed by atoms with Gasteiger partial charge in [-0.25, -0.2) is 0 Å². The molecule has 3 nitrogen and oxygen atoms in total. The lowest BCUT2D eigenvalue weighted by atomic mass is 9.79. The third-order valence-corrected chi connectivity index (χ3v) is 5.96. The van der Waals surface area contributed by atoms with Crippen LogP contribution in [-0.2, 0) is 10.8 Å². The van der Waals surface area contributed by atoms with E-state index >= 15 is 0 Å². The zero-order valence-corrected chi connectivity index (χ0v) is 20.7. The van der Waals surface area contributed by atoms with Crippen LogP contribution in [0.15, 0.2) is 53.5 Å². The molecule has 0 unspecified atom stereocenters. The molecule has 0 aromatic heterocycles. The third kappa shape index (κ3) is 4.72. The SMILES string of the molecule is Cc1cccc(N)c1-c1c(C)cccc1N=Cc1cc(C(C)(C)C)cc(C(C)(C)C)c1O. The molecule has 0 bridgehead atoms. The van der Waals surface area contributed by atoms with Crippen molar-refractivity contribution < 1.29 is 5.11 Å². The highest BCUT2D eigenvalue weighted by Gasteiger charge is 2.24. The fourth-order valence-corrected chi connectivity index (χ4v) is 4.02. The minimum absolute atomic E-state index is 0.0413. The van der Waals surface area contributed by atoms with Gasteiger partial charge in [0, 0.05) is 34.2 Å². The summed E-state index contributed by atoms with van der Waals surface area (Å²) in [6.45, 7) is 17.1. The Balaban J connectivity index is 2.21. The average Bonchev–Trinajstić information content (AvgIpc) is 2.66. The van der Waals surface area contributed by atoms with E-state index in [9.17, 15) is 5.11 Å². The van der Waals surface area contributed by atoms with Gasteiger partial charge in [-0.05, 0) is 59.6 Å². The van der Waals surface area contributed by atoms with Gasteiger partial charge in [0.1, 0.15) is 5.75 Å². The molecule has 3 rings (SSSR count). The van der Waals surface area contributed by atoms with Gasteiger partial charge in [0.25, 0.3) is 0 Å². The zero-order chi connectivity index (χ0) is 23.8. The monoisotopic (exact) mass is 428 g/mol. The fourth-order valence-electron chi connectivity index (χ4n) is 4.02. The highest BCUT2D eigenvalue weighted by molar-refractivity contribution is 5.92. The van der Waals surface area contributed by atoms with Gasteiger partial charge in [-0.3, -0.25) is 4.99 Å². The lowest BCUT2D eigenvalue weighted by molar-refractivity contribution is 0.444. The van der Waals surface area contributed by atoms with Gasteiger partial charge in [-0.2, -0.15) is 0 Å². The number of nitrogens with two attached hydrogens (primary N) is 1. The van der Waals surface area contributed by atoms with E-state index in [1.807, 2.05) is 30.3 Å². The van der Waals surface area contributed by atoms with Crippen LogP contribution in [0.1, 0.15) is 69.4 Å². The van der Waals surface area contributed by atoms with E-state index in [-0.39, 0.29) is 10.8 Å². The number of phenols is 1. The number of rotatable bonds is 3. The molecule has 0 saturated heterocycles. The van der Waals surface area contributed by atoms with Crippen LogP contribution >= 0.6 is 0 Å². The Bertz CT molecular complexity index is 1150. The normalized spacial score (nSPS) is 12.5. The number of nitrogens with zero attached hydrogens (tertiary/aromatic N) is 1. The molecule has 0 fully saturated rings. The minimum atomic E-state index is -0.183. The molecule has 0 spiro atoms. The molecule has 168 valence electrons. The van der Waals surface area contributed by atoms with Crippen LogP contribution in [-0.4, -0.2) is 11.3 Å². The molecule has 3 aromatic rings. The topological polar surface area (TPSA) is 58.6 Å². The number of nitrogen functional groups attached to an aromatic ring is 1. The first-order valence-electron chi connectivity index (χ1n) is 11.2. The van der Waals surface area contributed by atoms with Crippen molar-refractivity contribution in [2.24, 2.45) is 4.99 Å². The van der Waals surface area contributed by atoms with Crippen LogP contribution in [0.5, 0.6) is 5.75 Å². The fraction of sp³-hybridized carbons (Fsp3) is 0.345. The second-order valence-corrected chi connectivity index (χ2v) is 10.7. The molecule has 32 heavy (non-hydrogen) atoms. The van der Waals surface area contributed by atoms with Crippen molar-refractivity contribution in [2.75, 3.05) is 5.73 Å². The summed E-state index contributed by atoms with van der Waals surface area (Å²) < 4.78 is 0. The molecule has 0 radical (unpaired) electrons. The summed E-state index contributed by atoms with van der Waals surface area (Å²) in [4.78, 5) is 4.86. The second-order valence-electron chi connectivity index (χ2n) is 10.7. The van der Waals surface area contributed by atoms with Crippen molar-refractivity contribution >= 4 is 17.6 Å². The van der Waals surface area contributed by atoms with Gasteiger partial charge in [-0.15, -0.1) is 0 Å². The van der Waals surface area contributed by atoms with Gasteiger partial charge in [0.15, 0.2) is 0 Å². The van der Waals surface area contributed by atoms with Crippen molar-refractivity contribution in [1.82, 2.24) is 0 Å². The Morgan fingerprint density at radius 3 is 1.97 bits per heavy atom. The summed E-state index contributed by atoms with van der Waals surface area (Å²) in [7, 11) is 0. The highest BCUT2D eigenvalue weighted by Crippen LogP contribution is 2.40. The number of hydrogen-bond acceptors (Lipinski definition) is 3. The first kappa shape index (κ1) is 23.6. The molecular weight excluding hydrogens is 392 g/mol. The zero-order valence-electron chi connectivity index (χ0n) is 20.7. The van der Waals surface area contributed by atoms with Crippen LogP contribution in [0.4, 0.5) is 11.4 Å². The molecule has 0 atom stereocenters. The molecule has 0 heterocycles. The minimum Gasteiger partial charge on any atom is -0.507 e. The number of anilines is 1. The number of phenolic OH excluding ortho intramolecular Hbond substituents is 1. The maximum atomic E-state index is 11.1. The first-order valence-corrected chi connectivity index (χ1v) is 11.2. The molecule has 0 aliphatic carbocycles. The molecule has 0 aliphatic heterocycles. The molecule has 0 saturated carbocycles. The van der Waals surface area contributed by atoms with Gasteiger partial charge in [-0.1, -0.05) is 71.9 Å². The van der Waals surface area contributed by atoms with Crippen molar-refractivity contribution in [3.63, 3.8) is 0 Å². The molecular formula is C29H36N2O.